The molecule has 4 nitrogen and oxygen atoms in total. The van der Waals surface area contributed by atoms with Crippen LogP contribution in [0.1, 0.15) is 21.6 Å². The molecule has 0 saturated heterocycles. The summed E-state index contributed by atoms with van der Waals surface area (Å²) in [4.78, 5) is 16.1. The van der Waals surface area contributed by atoms with E-state index in [0.29, 0.717) is 11.4 Å². The van der Waals surface area contributed by atoms with Crippen LogP contribution < -0.4 is 5.32 Å². The minimum absolute atomic E-state index is 0.0493. The van der Waals surface area contributed by atoms with Crippen molar-refractivity contribution in [2.45, 2.75) is 13.5 Å². The topological polar surface area (TPSA) is 62.2 Å². The number of aliphatic hydroxyl groups is 1. The predicted octanol–water partition coefficient (Wildman–Crippen LogP) is 2.13. The third-order valence-electron chi connectivity index (χ3n) is 2.59. The standard InChI is InChI=1S/C14H14N2O2/c1-10-4-3-7-15-13(10)14(18)16-12-6-2-5-11(8-12)9-17/h2-8,17H,9H2,1H3,(H,16,18). The Morgan fingerprint density at radius 3 is 2.89 bits per heavy atom. The first kappa shape index (κ1) is 12.3. The lowest BCUT2D eigenvalue weighted by Crippen LogP contribution is -2.15. The normalized spacial score (nSPS) is 10.1. The van der Waals surface area contributed by atoms with Crippen molar-refractivity contribution in [2.24, 2.45) is 0 Å². The van der Waals surface area contributed by atoms with Crippen molar-refractivity contribution in [2.75, 3.05) is 5.32 Å². The minimum atomic E-state index is -0.247. The van der Waals surface area contributed by atoms with E-state index < -0.39 is 0 Å². The van der Waals surface area contributed by atoms with Gasteiger partial charge in [0.2, 0.25) is 0 Å². The fraction of sp³-hybridized carbons (Fsp3) is 0.143. The smallest absolute Gasteiger partial charge is 0.274 e. The zero-order valence-electron chi connectivity index (χ0n) is 10.1. The number of aromatic nitrogens is 1. The van der Waals surface area contributed by atoms with E-state index in [1.807, 2.05) is 13.0 Å². The van der Waals surface area contributed by atoms with Gasteiger partial charge in [-0.05, 0) is 36.2 Å². The van der Waals surface area contributed by atoms with Gasteiger partial charge in [-0.15, -0.1) is 0 Å². The van der Waals surface area contributed by atoms with Gasteiger partial charge in [-0.1, -0.05) is 18.2 Å². The van der Waals surface area contributed by atoms with Crippen molar-refractivity contribution >= 4 is 11.6 Å². The molecule has 1 heterocycles. The number of carbonyl (C=O) groups excluding carboxylic acids is 1. The number of aliphatic hydroxyl groups excluding tert-OH is 1. The first-order valence-corrected chi connectivity index (χ1v) is 5.63. The van der Waals surface area contributed by atoms with E-state index in [1.165, 1.54) is 0 Å². The quantitative estimate of drug-likeness (QED) is 0.866. The van der Waals surface area contributed by atoms with Gasteiger partial charge in [0, 0.05) is 11.9 Å². The van der Waals surface area contributed by atoms with Crippen LogP contribution in [-0.2, 0) is 6.61 Å². The number of aryl methyl sites for hydroxylation is 1. The average molecular weight is 242 g/mol. The molecule has 0 atom stereocenters. The van der Waals surface area contributed by atoms with Gasteiger partial charge in [0.1, 0.15) is 5.69 Å². The summed E-state index contributed by atoms with van der Waals surface area (Å²) >= 11 is 0. The fourth-order valence-electron chi connectivity index (χ4n) is 1.66. The number of benzene rings is 1. The Kier molecular flexibility index (Phi) is 3.69. The third-order valence-corrected chi connectivity index (χ3v) is 2.59. The van der Waals surface area contributed by atoms with Gasteiger partial charge >= 0.3 is 0 Å². The summed E-state index contributed by atoms with van der Waals surface area (Å²) in [6, 6.07) is 10.7. The third kappa shape index (κ3) is 2.73. The van der Waals surface area contributed by atoms with Crippen LogP contribution in [0.3, 0.4) is 0 Å². The zero-order valence-corrected chi connectivity index (χ0v) is 10.1. The van der Waals surface area contributed by atoms with E-state index in [1.54, 1.807) is 36.5 Å². The summed E-state index contributed by atoms with van der Waals surface area (Å²) in [5.41, 5.74) is 2.64. The van der Waals surface area contributed by atoms with Crippen LogP contribution in [0.15, 0.2) is 42.6 Å². The zero-order chi connectivity index (χ0) is 13.0. The first-order valence-electron chi connectivity index (χ1n) is 5.63. The van der Waals surface area contributed by atoms with E-state index in [2.05, 4.69) is 10.3 Å². The summed E-state index contributed by atoms with van der Waals surface area (Å²) in [7, 11) is 0. The van der Waals surface area contributed by atoms with Crippen LogP contribution in [0.5, 0.6) is 0 Å². The molecule has 18 heavy (non-hydrogen) atoms. The molecule has 4 heteroatoms. The van der Waals surface area contributed by atoms with E-state index in [0.717, 1.165) is 11.1 Å². The molecule has 0 radical (unpaired) electrons. The molecule has 1 amide bonds. The number of nitrogens with zero attached hydrogens (tertiary/aromatic N) is 1. The fourth-order valence-corrected chi connectivity index (χ4v) is 1.66. The van der Waals surface area contributed by atoms with Crippen molar-refractivity contribution < 1.29 is 9.90 Å². The van der Waals surface area contributed by atoms with E-state index in [-0.39, 0.29) is 12.5 Å². The van der Waals surface area contributed by atoms with E-state index in [4.69, 9.17) is 5.11 Å². The van der Waals surface area contributed by atoms with E-state index >= 15 is 0 Å². The van der Waals surface area contributed by atoms with Crippen molar-refractivity contribution in [1.29, 1.82) is 0 Å². The summed E-state index contributed by atoms with van der Waals surface area (Å²) in [6.07, 6.45) is 1.59. The second kappa shape index (κ2) is 5.42. The molecule has 2 aromatic rings. The highest BCUT2D eigenvalue weighted by Gasteiger charge is 2.10. The summed E-state index contributed by atoms with van der Waals surface area (Å²) in [5, 5.41) is 11.8. The Bertz CT molecular complexity index is 567. The number of pyridine rings is 1. The number of amides is 1. The number of anilines is 1. The van der Waals surface area contributed by atoms with Gasteiger partial charge in [-0.2, -0.15) is 0 Å². The van der Waals surface area contributed by atoms with Gasteiger partial charge in [0.15, 0.2) is 0 Å². The highest BCUT2D eigenvalue weighted by atomic mass is 16.3. The van der Waals surface area contributed by atoms with Crippen LogP contribution in [-0.4, -0.2) is 16.0 Å². The number of nitrogens with one attached hydrogen (secondary N) is 1. The Balaban J connectivity index is 2.19. The largest absolute Gasteiger partial charge is 0.392 e. The molecule has 0 aliphatic carbocycles. The summed E-state index contributed by atoms with van der Waals surface area (Å²) in [5.74, 6) is -0.247. The maximum atomic E-state index is 12.0. The second-order valence-electron chi connectivity index (χ2n) is 3.98. The molecule has 0 aliphatic rings. The van der Waals surface area contributed by atoms with Crippen molar-refractivity contribution in [1.82, 2.24) is 4.98 Å². The molecule has 0 unspecified atom stereocenters. The second-order valence-corrected chi connectivity index (χ2v) is 3.98. The number of hydrogen-bond acceptors (Lipinski definition) is 3. The van der Waals surface area contributed by atoms with Gasteiger partial charge in [-0.25, -0.2) is 0 Å². The molecule has 0 saturated carbocycles. The molecular weight excluding hydrogens is 228 g/mol. The highest BCUT2D eigenvalue weighted by molar-refractivity contribution is 6.03. The van der Waals surface area contributed by atoms with Gasteiger partial charge in [0.05, 0.1) is 6.61 Å². The van der Waals surface area contributed by atoms with Crippen LogP contribution >= 0.6 is 0 Å². The van der Waals surface area contributed by atoms with Crippen molar-refractivity contribution in [3.8, 4) is 0 Å². The van der Waals surface area contributed by atoms with Gasteiger partial charge < -0.3 is 10.4 Å². The summed E-state index contributed by atoms with van der Waals surface area (Å²) in [6.45, 7) is 1.79. The molecule has 2 rings (SSSR count). The monoisotopic (exact) mass is 242 g/mol. The lowest BCUT2D eigenvalue weighted by Gasteiger charge is -2.07. The molecule has 92 valence electrons. The Hall–Kier alpha value is -2.20. The van der Waals surface area contributed by atoms with Crippen molar-refractivity contribution in [3.05, 3.63) is 59.4 Å². The average Bonchev–Trinajstić information content (AvgIpc) is 2.39. The summed E-state index contributed by atoms with van der Waals surface area (Å²) < 4.78 is 0. The van der Waals surface area contributed by atoms with E-state index in [9.17, 15) is 4.79 Å². The van der Waals surface area contributed by atoms with Crippen LogP contribution in [0, 0.1) is 6.92 Å². The van der Waals surface area contributed by atoms with Crippen molar-refractivity contribution in [3.63, 3.8) is 0 Å². The molecule has 1 aromatic carbocycles. The Labute approximate surface area is 105 Å². The number of hydrogen-bond donors (Lipinski definition) is 2. The maximum Gasteiger partial charge on any atom is 0.274 e. The van der Waals surface area contributed by atoms with Gasteiger partial charge in [0.25, 0.3) is 5.91 Å². The van der Waals surface area contributed by atoms with Crippen LogP contribution in [0.2, 0.25) is 0 Å². The van der Waals surface area contributed by atoms with Crippen LogP contribution in [0.25, 0.3) is 0 Å². The Morgan fingerprint density at radius 1 is 1.33 bits per heavy atom. The Morgan fingerprint density at radius 2 is 2.17 bits per heavy atom. The highest BCUT2D eigenvalue weighted by Crippen LogP contribution is 2.12. The minimum Gasteiger partial charge on any atom is -0.392 e. The number of carbonyl (C=O) groups is 1. The molecule has 0 aliphatic heterocycles. The molecule has 0 bridgehead atoms. The first-order chi connectivity index (χ1) is 8.70. The molecule has 0 spiro atoms. The molecule has 2 N–H and O–H groups in total. The lowest BCUT2D eigenvalue weighted by molar-refractivity contribution is 0.102. The molecule has 1 aromatic heterocycles. The number of rotatable bonds is 3. The molecular formula is C14H14N2O2. The maximum absolute atomic E-state index is 12.0. The molecule has 0 fully saturated rings. The van der Waals surface area contributed by atoms with Crippen LogP contribution in [0.4, 0.5) is 5.69 Å². The predicted molar refractivity (Wildman–Crippen MR) is 69.3 cm³/mol. The SMILES string of the molecule is Cc1cccnc1C(=O)Nc1cccc(CO)c1. The van der Waals surface area contributed by atoms with Gasteiger partial charge in [-0.3, -0.25) is 9.78 Å². The lowest BCUT2D eigenvalue weighted by atomic mass is 10.2.